The van der Waals surface area contributed by atoms with Crippen LogP contribution in [0.4, 0.5) is 5.69 Å². The zero-order valence-electron chi connectivity index (χ0n) is 18.5. The van der Waals surface area contributed by atoms with E-state index in [4.69, 9.17) is 14.2 Å². The summed E-state index contributed by atoms with van der Waals surface area (Å²) in [4.78, 5) is 27.3. The molecule has 1 heterocycles. The number of carbonyl (C=O) groups excluding carboxylic acids is 2. The van der Waals surface area contributed by atoms with Crippen LogP contribution in [-0.4, -0.2) is 43.1 Å². The molecule has 0 aromatic heterocycles. The minimum atomic E-state index is -0.298. The number of carbonyl (C=O) groups is 2. The molecule has 0 unspecified atom stereocenters. The number of benzene rings is 3. The Hall–Kier alpha value is -4.00. The predicted octanol–water partition coefficient (Wildman–Crippen LogP) is 4.14. The van der Waals surface area contributed by atoms with Gasteiger partial charge in [0.25, 0.3) is 11.8 Å². The van der Waals surface area contributed by atoms with Crippen LogP contribution in [0.2, 0.25) is 0 Å². The fourth-order valence-electron chi connectivity index (χ4n) is 3.51. The number of hydrogen-bond donors (Lipinski definition) is 1. The molecule has 170 valence electrons. The van der Waals surface area contributed by atoms with E-state index in [-0.39, 0.29) is 18.4 Å². The van der Waals surface area contributed by atoms with Gasteiger partial charge in [-0.3, -0.25) is 9.59 Å². The molecule has 7 heteroatoms. The highest BCUT2D eigenvalue weighted by Gasteiger charge is 2.18. The van der Waals surface area contributed by atoms with E-state index in [2.05, 4.69) is 5.32 Å². The topological polar surface area (TPSA) is 77.1 Å². The Bertz CT molecular complexity index is 1120. The summed E-state index contributed by atoms with van der Waals surface area (Å²) in [5.41, 5.74) is 1.99. The molecule has 0 aliphatic carbocycles. The molecule has 33 heavy (non-hydrogen) atoms. The number of fused-ring (bicyclic) bond motifs is 1. The van der Waals surface area contributed by atoms with Crippen LogP contribution in [0.1, 0.15) is 22.8 Å². The largest absolute Gasteiger partial charge is 0.486 e. The van der Waals surface area contributed by atoms with Gasteiger partial charge < -0.3 is 24.4 Å². The summed E-state index contributed by atoms with van der Waals surface area (Å²) < 4.78 is 17.0. The molecule has 1 aliphatic heterocycles. The lowest BCUT2D eigenvalue weighted by atomic mass is 10.1. The molecule has 0 atom stereocenters. The van der Waals surface area contributed by atoms with Crippen LogP contribution in [0.3, 0.4) is 0 Å². The number of nitrogens with zero attached hydrogens (tertiary/aromatic N) is 1. The second-order valence-electron chi connectivity index (χ2n) is 7.49. The van der Waals surface area contributed by atoms with E-state index < -0.39 is 0 Å². The lowest BCUT2D eigenvalue weighted by Gasteiger charge is -2.23. The number of ether oxygens (including phenoxy) is 3. The Morgan fingerprint density at radius 1 is 0.939 bits per heavy atom. The summed E-state index contributed by atoms with van der Waals surface area (Å²) in [7, 11) is 0. The first-order valence-electron chi connectivity index (χ1n) is 10.9. The van der Waals surface area contributed by atoms with Crippen molar-refractivity contribution in [2.45, 2.75) is 13.5 Å². The Labute approximate surface area is 192 Å². The SMILES string of the molecule is CCN(Cc1ccc2c(c1)OCCO2)C(=O)COc1ccccc1C(=O)Nc1ccccc1. The van der Waals surface area contributed by atoms with E-state index in [0.29, 0.717) is 54.8 Å². The zero-order chi connectivity index (χ0) is 23.0. The molecule has 2 amide bonds. The maximum atomic E-state index is 12.9. The number of amides is 2. The number of anilines is 1. The number of nitrogens with one attached hydrogen (secondary N) is 1. The molecule has 0 bridgehead atoms. The lowest BCUT2D eigenvalue weighted by molar-refractivity contribution is -0.133. The van der Waals surface area contributed by atoms with E-state index in [1.54, 1.807) is 29.2 Å². The minimum absolute atomic E-state index is 0.173. The molecule has 3 aromatic carbocycles. The van der Waals surface area contributed by atoms with Crippen LogP contribution in [0, 0.1) is 0 Å². The van der Waals surface area contributed by atoms with Crippen LogP contribution in [-0.2, 0) is 11.3 Å². The minimum Gasteiger partial charge on any atom is -0.486 e. The zero-order valence-corrected chi connectivity index (χ0v) is 18.5. The normalized spacial score (nSPS) is 12.0. The van der Waals surface area contributed by atoms with E-state index in [1.165, 1.54) is 0 Å². The van der Waals surface area contributed by atoms with Crippen molar-refractivity contribution >= 4 is 17.5 Å². The van der Waals surface area contributed by atoms with E-state index in [9.17, 15) is 9.59 Å². The second-order valence-corrected chi connectivity index (χ2v) is 7.49. The first kappa shape index (κ1) is 22.2. The van der Waals surface area contributed by atoms with Crippen LogP contribution in [0.25, 0.3) is 0 Å². The highest BCUT2D eigenvalue weighted by Crippen LogP contribution is 2.31. The first-order valence-corrected chi connectivity index (χ1v) is 10.9. The van der Waals surface area contributed by atoms with Crippen LogP contribution in [0.15, 0.2) is 72.8 Å². The fraction of sp³-hybridized carbons (Fsp3) is 0.231. The second kappa shape index (κ2) is 10.5. The van der Waals surface area contributed by atoms with Gasteiger partial charge in [0.2, 0.25) is 0 Å². The molecular weight excluding hydrogens is 420 g/mol. The van der Waals surface area contributed by atoms with Gasteiger partial charge in [-0.25, -0.2) is 0 Å². The van der Waals surface area contributed by atoms with E-state index in [1.807, 2.05) is 55.5 Å². The molecule has 0 saturated heterocycles. The molecule has 1 N–H and O–H groups in total. The summed E-state index contributed by atoms with van der Waals surface area (Å²) in [5, 5.41) is 2.84. The fourth-order valence-corrected chi connectivity index (χ4v) is 3.51. The summed E-state index contributed by atoms with van der Waals surface area (Å²) in [5.74, 6) is 1.29. The molecule has 4 rings (SSSR count). The van der Waals surface area contributed by atoms with Crippen molar-refractivity contribution in [3.63, 3.8) is 0 Å². The third kappa shape index (κ3) is 5.63. The molecule has 3 aromatic rings. The van der Waals surface area contributed by atoms with Gasteiger partial charge in [-0.2, -0.15) is 0 Å². The van der Waals surface area contributed by atoms with Gasteiger partial charge in [-0.1, -0.05) is 36.4 Å². The third-order valence-corrected chi connectivity index (χ3v) is 5.23. The van der Waals surface area contributed by atoms with Crippen molar-refractivity contribution in [2.75, 3.05) is 31.7 Å². The maximum Gasteiger partial charge on any atom is 0.260 e. The Kier molecular flexibility index (Phi) is 7.09. The number of hydrogen-bond acceptors (Lipinski definition) is 5. The smallest absolute Gasteiger partial charge is 0.260 e. The average Bonchev–Trinajstić information content (AvgIpc) is 2.86. The van der Waals surface area contributed by atoms with E-state index in [0.717, 1.165) is 5.56 Å². The maximum absolute atomic E-state index is 12.9. The molecular formula is C26H26N2O5. The molecule has 7 nitrogen and oxygen atoms in total. The van der Waals surface area contributed by atoms with Crippen molar-refractivity contribution < 1.29 is 23.8 Å². The summed E-state index contributed by atoms with van der Waals surface area (Å²) >= 11 is 0. The molecule has 1 aliphatic rings. The van der Waals surface area contributed by atoms with Gasteiger partial charge >= 0.3 is 0 Å². The summed E-state index contributed by atoms with van der Waals surface area (Å²) in [6.07, 6.45) is 0. The number of likely N-dealkylation sites (N-methyl/N-ethyl adjacent to an activating group) is 1. The van der Waals surface area contributed by atoms with Crippen molar-refractivity contribution in [1.82, 2.24) is 4.90 Å². The van der Waals surface area contributed by atoms with Gasteiger partial charge in [-0.15, -0.1) is 0 Å². The van der Waals surface area contributed by atoms with Crippen molar-refractivity contribution in [3.05, 3.63) is 83.9 Å². The summed E-state index contributed by atoms with van der Waals surface area (Å²) in [6.45, 7) is 3.73. The monoisotopic (exact) mass is 446 g/mol. The predicted molar refractivity (Wildman–Crippen MR) is 125 cm³/mol. The van der Waals surface area contributed by atoms with Crippen molar-refractivity contribution in [2.24, 2.45) is 0 Å². The Morgan fingerprint density at radius 3 is 2.45 bits per heavy atom. The van der Waals surface area contributed by atoms with Crippen LogP contribution in [0.5, 0.6) is 17.2 Å². The van der Waals surface area contributed by atoms with Gasteiger partial charge in [0.05, 0.1) is 5.56 Å². The van der Waals surface area contributed by atoms with Gasteiger partial charge in [0.15, 0.2) is 18.1 Å². The van der Waals surface area contributed by atoms with Gasteiger partial charge in [0.1, 0.15) is 19.0 Å². The summed E-state index contributed by atoms with van der Waals surface area (Å²) in [6, 6.07) is 21.8. The quantitative estimate of drug-likeness (QED) is 0.563. The molecule has 0 fully saturated rings. The van der Waals surface area contributed by atoms with Crippen molar-refractivity contribution in [3.8, 4) is 17.2 Å². The van der Waals surface area contributed by atoms with Crippen LogP contribution < -0.4 is 19.5 Å². The Morgan fingerprint density at radius 2 is 1.67 bits per heavy atom. The highest BCUT2D eigenvalue weighted by molar-refractivity contribution is 6.06. The number of rotatable bonds is 8. The Balaban J connectivity index is 1.39. The molecule has 0 spiro atoms. The van der Waals surface area contributed by atoms with E-state index >= 15 is 0 Å². The standard InChI is InChI=1S/C26H26N2O5/c1-2-28(17-19-12-13-23-24(16-19)32-15-14-31-23)25(29)18-33-22-11-7-6-10-21(22)26(30)27-20-8-4-3-5-9-20/h3-13,16H,2,14-15,17-18H2,1H3,(H,27,30). The third-order valence-electron chi connectivity index (χ3n) is 5.23. The van der Waals surface area contributed by atoms with Crippen molar-refractivity contribution in [1.29, 1.82) is 0 Å². The number of para-hydroxylation sites is 2. The highest BCUT2D eigenvalue weighted by atomic mass is 16.6. The first-order chi connectivity index (χ1) is 16.1. The van der Waals surface area contributed by atoms with Crippen LogP contribution >= 0.6 is 0 Å². The molecule has 0 saturated carbocycles. The van der Waals surface area contributed by atoms with Gasteiger partial charge in [-0.05, 0) is 48.9 Å². The lowest BCUT2D eigenvalue weighted by Crippen LogP contribution is -2.34. The average molecular weight is 447 g/mol. The van der Waals surface area contributed by atoms with Gasteiger partial charge in [0, 0.05) is 18.8 Å². The molecule has 0 radical (unpaired) electrons.